The molecule has 2 aliphatic heterocycles. The quantitative estimate of drug-likeness (QED) is 0.131. The highest BCUT2D eigenvalue weighted by atomic mass is 16.4. The summed E-state index contributed by atoms with van der Waals surface area (Å²) in [7, 11) is 0. The Kier molecular flexibility index (Phi) is 14.9. The highest BCUT2D eigenvalue weighted by Gasteiger charge is 2.54. The Morgan fingerprint density at radius 3 is 1.07 bits per heavy atom. The second kappa shape index (κ2) is 26.8. The zero-order valence-corrected chi connectivity index (χ0v) is 67.6. The minimum Gasteiger partial charge on any atom is -0.436 e. The molecule has 23 aromatic rings. The normalized spacial score (nSPS) is 13.5. The van der Waals surface area contributed by atoms with E-state index in [0.29, 0.717) is 34.7 Å². The molecule has 586 valence electrons. The molecule has 0 radical (unpaired) electrons. The van der Waals surface area contributed by atoms with Gasteiger partial charge < -0.3 is 27.5 Å². The van der Waals surface area contributed by atoms with Crippen molar-refractivity contribution in [2.24, 2.45) is 0 Å². The molecule has 6 heterocycles. The average molecular weight is 1610 g/mol. The van der Waals surface area contributed by atoms with Gasteiger partial charge in [0.05, 0.1) is 33.6 Å². The van der Waals surface area contributed by atoms with Crippen LogP contribution in [0.5, 0.6) is 0 Å². The van der Waals surface area contributed by atoms with E-state index in [0.717, 1.165) is 145 Å². The Hall–Kier alpha value is -16.8. The van der Waals surface area contributed by atoms with Gasteiger partial charge in [-0.3, -0.25) is 0 Å². The van der Waals surface area contributed by atoms with Crippen molar-refractivity contribution in [1.82, 2.24) is 19.9 Å². The zero-order valence-electron chi connectivity index (χ0n) is 67.6. The molecule has 0 unspecified atom stereocenters. The van der Waals surface area contributed by atoms with Gasteiger partial charge >= 0.3 is 0 Å². The van der Waals surface area contributed by atoms with Crippen molar-refractivity contribution in [2.75, 3.05) is 9.80 Å². The van der Waals surface area contributed by atoms with Gasteiger partial charge in [0, 0.05) is 33.6 Å². The highest BCUT2D eigenvalue weighted by Crippen LogP contribution is 2.67. The molecule has 0 saturated heterocycles. The van der Waals surface area contributed by atoms with Crippen molar-refractivity contribution >= 4 is 100 Å². The molecule has 0 N–H and O–H groups in total. The van der Waals surface area contributed by atoms with Crippen molar-refractivity contribution in [2.45, 2.75) is 10.8 Å². The lowest BCUT2D eigenvalue weighted by Crippen LogP contribution is -2.36. The molecule has 0 fully saturated rings. The van der Waals surface area contributed by atoms with Gasteiger partial charge in [0.2, 0.25) is 23.6 Å². The third kappa shape index (κ3) is 10.3. The van der Waals surface area contributed by atoms with Crippen molar-refractivity contribution in [1.29, 1.82) is 0 Å². The first kappa shape index (κ1) is 69.9. The Bertz CT molecular complexity index is 8240. The van der Waals surface area contributed by atoms with Crippen LogP contribution in [0, 0.1) is 0 Å². The molecule has 4 aliphatic rings. The summed E-state index contributed by atoms with van der Waals surface area (Å²) in [4.78, 5) is 25.4. The van der Waals surface area contributed by atoms with E-state index in [-0.39, 0.29) is 0 Å². The number of fused-ring (bicyclic) bond motifs is 25. The number of aromatic nitrogens is 4. The number of hydrogen-bond donors (Lipinski definition) is 0. The van der Waals surface area contributed by atoms with Gasteiger partial charge in [0.25, 0.3) is 0 Å². The van der Waals surface area contributed by atoms with Crippen LogP contribution in [0.4, 0.5) is 34.1 Å². The molecule has 19 aromatic carbocycles. The molecule has 2 spiro atoms. The summed E-state index contributed by atoms with van der Waals surface area (Å²) in [6, 6.07) is 149. The summed E-state index contributed by atoms with van der Waals surface area (Å²) >= 11 is 0. The summed E-state index contributed by atoms with van der Waals surface area (Å²) in [6.07, 6.45) is 0. The zero-order chi connectivity index (χ0) is 82.5. The number of nitrogens with zero attached hydrogens (tertiary/aromatic N) is 6. The summed E-state index contributed by atoms with van der Waals surface area (Å²) in [5, 5.41) is 4.68. The molecule has 126 heavy (non-hydrogen) atoms. The summed E-state index contributed by atoms with van der Waals surface area (Å²) in [5.74, 6) is 2.03. The van der Waals surface area contributed by atoms with Crippen LogP contribution in [0.3, 0.4) is 0 Å². The average Bonchev–Trinajstić information content (AvgIpc) is 1.49. The lowest BCUT2D eigenvalue weighted by molar-refractivity contribution is 0.616. The van der Waals surface area contributed by atoms with E-state index in [1.54, 1.807) is 0 Å². The Morgan fingerprint density at radius 1 is 0.190 bits per heavy atom. The maximum absolute atomic E-state index is 7.04. The SMILES string of the molecule is c1ccc(N2c3ccccc3C3(c4cc(-c5cc(-c6nc7ccccc7o6)cc(-c6nc7cc(-c8cccc9c%10c(ccc89)C8(c9cc(-c%11ccc(-c%12cc(-c%13nc%14ccccc%14o%13)cc(-c%13nc%14ccccc%14o%13)c%12)cc%11)ccc9-%10)c9ccccc9N(c9ccccc9)c9ccccc98)ccc7o6)c5)ccc4-c4cc5ccccc5cc43)c3ccccc32)cc1. The summed E-state index contributed by atoms with van der Waals surface area (Å²) in [5.41, 5.74) is 37.2. The molecule has 0 saturated carbocycles. The Balaban J connectivity index is 0.596. The number of oxazole rings is 4. The molecule has 0 amide bonds. The third-order valence-electron chi connectivity index (χ3n) is 26.7. The summed E-state index contributed by atoms with van der Waals surface area (Å²) in [6.45, 7) is 0. The maximum atomic E-state index is 7.04. The second-order valence-corrected chi connectivity index (χ2v) is 33.4. The smallest absolute Gasteiger partial charge is 0.227 e. The van der Waals surface area contributed by atoms with Gasteiger partial charge in [-0.05, 0) is 291 Å². The lowest BCUT2D eigenvalue weighted by Gasteiger charge is -2.45. The van der Waals surface area contributed by atoms with Crippen LogP contribution in [0.25, 0.3) is 179 Å². The third-order valence-corrected chi connectivity index (χ3v) is 26.7. The standard InChI is InChI=1S/C116H68N6O4/c1-3-26-82(27-4-1)121-102-39-16-9-32-90(102)115(91-33-10-17-40-103(91)121)94-56-55-85-84(30-23-31-87(85)110(94)88-54-51-73(66-96(88)115)69-46-48-70(49-47-69)76-58-78(111-117-98-36-13-20-43-106(98)123-111)62-79(59-76)112-118-99-37-14-21-44-107(99)124-112)75-52-57-109-101(68-75)120-114(126-109)81-61-77(60-80(63-81)113-119-100-38-15-22-45-108(100)125-113)74-50-53-86-89-64-71-24-7-8-25-72(71)65-97(89)116(95(86)67-74)92-34-11-18-41-104(92)122(83-28-5-2-6-29-83)105-42-19-12-35-93(105)116/h1-68H. The van der Waals surface area contributed by atoms with E-state index < -0.39 is 10.8 Å². The van der Waals surface area contributed by atoms with Crippen LogP contribution >= 0.6 is 0 Å². The molecular formula is C116H68N6O4. The molecule has 10 nitrogen and oxygen atoms in total. The Labute approximate surface area is 723 Å². The van der Waals surface area contributed by atoms with E-state index in [2.05, 4.69) is 350 Å². The first-order valence-electron chi connectivity index (χ1n) is 42.8. The fourth-order valence-corrected chi connectivity index (χ4v) is 21.3. The molecule has 27 rings (SSSR count). The van der Waals surface area contributed by atoms with Crippen LogP contribution in [-0.4, -0.2) is 19.9 Å². The molecule has 0 bridgehead atoms. The minimum atomic E-state index is -0.758. The van der Waals surface area contributed by atoms with Gasteiger partial charge in [-0.2, -0.15) is 0 Å². The van der Waals surface area contributed by atoms with Crippen LogP contribution in [-0.2, 0) is 10.8 Å². The van der Waals surface area contributed by atoms with E-state index in [1.807, 2.05) is 72.8 Å². The predicted octanol–water partition coefficient (Wildman–Crippen LogP) is 30.2. The highest BCUT2D eigenvalue weighted by molar-refractivity contribution is 6.12. The first-order chi connectivity index (χ1) is 62.4. The van der Waals surface area contributed by atoms with Gasteiger partial charge in [0.1, 0.15) is 22.1 Å². The maximum Gasteiger partial charge on any atom is 0.227 e. The van der Waals surface area contributed by atoms with Crippen LogP contribution in [0.2, 0.25) is 0 Å². The lowest BCUT2D eigenvalue weighted by atomic mass is 9.64. The van der Waals surface area contributed by atoms with Crippen LogP contribution < -0.4 is 9.80 Å². The topological polar surface area (TPSA) is 111 Å². The second-order valence-electron chi connectivity index (χ2n) is 33.4. The van der Waals surface area contributed by atoms with Crippen LogP contribution in [0.15, 0.2) is 430 Å². The van der Waals surface area contributed by atoms with Crippen molar-refractivity contribution in [3.05, 3.63) is 457 Å². The molecule has 10 heteroatoms. The van der Waals surface area contributed by atoms with Gasteiger partial charge in [-0.15, -0.1) is 0 Å². The van der Waals surface area contributed by atoms with E-state index in [4.69, 9.17) is 37.6 Å². The van der Waals surface area contributed by atoms with Crippen molar-refractivity contribution < 1.29 is 17.7 Å². The first-order valence-corrected chi connectivity index (χ1v) is 42.8. The summed E-state index contributed by atoms with van der Waals surface area (Å²) < 4.78 is 26.6. The van der Waals surface area contributed by atoms with Gasteiger partial charge in [-0.25, -0.2) is 19.9 Å². The number of benzene rings is 19. The predicted molar refractivity (Wildman–Crippen MR) is 506 cm³/mol. The van der Waals surface area contributed by atoms with E-state index >= 15 is 0 Å². The monoisotopic (exact) mass is 1610 g/mol. The van der Waals surface area contributed by atoms with Gasteiger partial charge in [-0.1, -0.05) is 255 Å². The number of rotatable bonds is 10. The van der Waals surface area contributed by atoms with Crippen LogP contribution in [0.1, 0.15) is 44.5 Å². The molecule has 4 aromatic heterocycles. The number of para-hydroxylation sites is 12. The fraction of sp³-hybridized carbons (Fsp3) is 0.0172. The van der Waals surface area contributed by atoms with Crippen molar-refractivity contribution in [3.63, 3.8) is 0 Å². The van der Waals surface area contributed by atoms with E-state index in [1.165, 1.54) is 77.5 Å². The molecule has 2 aliphatic carbocycles. The van der Waals surface area contributed by atoms with Gasteiger partial charge in [0.15, 0.2) is 22.3 Å². The Morgan fingerprint density at radius 2 is 0.563 bits per heavy atom. The number of anilines is 6. The van der Waals surface area contributed by atoms with E-state index in [9.17, 15) is 0 Å². The molecule has 0 atom stereocenters. The molecular weight excluding hydrogens is 1540 g/mol. The largest absolute Gasteiger partial charge is 0.436 e. The number of hydrogen-bond acceptors (Lipinski definition) is 10. The fourth-order valence-electron chi connectivity index (χ4n) is 21.3. The van der Waals surface area contributed by atoms with Crippen molar-refractivity contribution in [3.8, 4) is 113 Å². The minimum absolute atomic E-state index is 0.482.